The predicted molar refractivity (Wildman–Crippen MR) is 59.3 cm³/mol. The Hall–Kier alpha value is -1.30. The van der Waals surface area contributed by atoms with Gasteiger partial charge >= 0.3 is 6.18 Å². The summed E-state index contributed by atoms with van der Waals surface area (Å²) >= 11 is 4.76. The van der Waals surface area contributed by atoms with Gasteiger partial charge in [-0.2, -0.15) is 13.2 Å². The van der Waals surface area contributed by atoms with Gasteiger partial charge < -0.3 is 10.1 Å². The fourth-order valence-electron chi connectivity index (χ4n) is 1.06. The molecular weight excluding hydrogens is 239 g/mol. The molecule has 0 aliphatic carbocycles. The molecule has 0 aromatic heterocycles. The van der Waals surface area contributed by atoms with Crippen molar-refractivity contribution in [2.45, 2.75) is 13.1 Å². The van der Waals surface area contributed by atoms with Crippen LogP contribution in [-0.2, 0) is 10.9 Å². The Balaban J connectivity index is 2.79. The van der Waals surface area contributed by atoms with E-state index in [0.29, 0.717) is 6.61 Å². The maximum atomic E-state index is 12.4. The van der Waals surface area contributed by atoms with Crippen molar-refractivity contribution in [3.05, 3.63) is 29.8 Å². The number of anilines is 1. The first-order valence-corrected chi connectivity index (χ1v) is 4.95. The van der Waals surface area contributed by atoms with Crippen LogP contribution in [-0.4, -0.2) is 11.8 Å². The third-order valence-corrected chi connectivity index (χ3v) is 1.93. The van der Waals surface area contributed by atoms with Crippen molar-refractivity contribution in [1.29, 1.82) is 0 Å². The number of ether oxygens (including phenoxy) is 1. The normalized spacial score (nSPS) is 11.0. The van der Waals surface area contributed by atoms with Crippen LogP contribution in [0.15, 0.2) is 24.3 Å². The number of halogens is 3. The Bertz CT molecular complexity index is 379. The van der Waals surface area contributed by atoms with E-state index in [1.807, 2.05) is 0 Å². The molecule has 16 heavy (non-hydrogen) atoms. The van der Waals surface area contributed by atoms with Crippen molar-refractivity contribution in [2.24, 2.45) is 0 Å². The summed E-state index contributed by atoms with van der Waals surface area (Å²) in [6.45, 7) is 2.10. The summed E-state index contributed by atoms with van der Waals surface area (Å²) in [4.78, 5) is 0. The zero-order chi connectivity index (χ0) is 12.2. The van der Waals surface area contributed by atoms with Gasteiger partial charge in [-0.05, 0) is 37.3 Å². The highest BCUT2D eigenvalue weighted by Crippen LogP contribution is 2.30. The topological polar surface area (TPSA) is 21.3 Å². The van der Waals surface area contributed by atoms with E-state index in [1.165, 1.54) is 12.1 Å². The number of nitrogens with one attached hydrogen (secondary N) is 1. The quantitative estimate of drug-likeness (QED) is 0.811. The van der Waals surface area contributed by atoms with Crippen molar-refractivity contribution in [2.75, 3.05) is 11.9 Å². The molecule has 0 aliphatic heterocycles. The molecule has 0 saturated heterocycles. The summed E-state index contributed by atoms with van der Waals surface area (Å²) in [7, 11) is 0. The molecule has 0 amide bonds. The molecule has 88 valence electrons. The van der Waals surface area contributed by atoms with Crippen molar-refractivity contribution < 1.29 is 17.9 Å². The van der Waals surface area contributed by atoms with Gasteiger partial charge in [-0.1, -0.05) is 6.07 Å². The Labute approximate surface area is 96.4 Å². The van der Waals surface area contributed by atoms with E-state index < -0.39 is 11.7 Å². The molecular formula is C10H10F3NOS. The van der Waals surface area contributed by atoms with Crippen LogP contribution >= 0.6 is 12.2 Å². The second-order valence-corrected chi connectivity index (χ2v) is 3.29. The Kier molecular flexibility index (Phi) is 4.12. The van der Waals surface area contributed by atoms with Crippen LogP contribution in [0.1, 0.15) is 12.5 Å². The molecule has 1 aromatic carbocycles. The summed E-state index contributed by atoms with van der Waals surface area (Å²) in [6.07, 6.45) is -4.36. The first-order valence-electron chi connectivity index (χ1n) is 4.54. The maximum Gasteiger partial charge on any atom is 0.416 e. The average molecular weight is 249 g/mol. The number of alkyl halides is 3. The average Bonchev–Trinajstić information content (AvgIpc) is 2.17. The van der Waals surface area contributed by atoms with E-state index in [-0.39, 0.29) is 10.9 Å². The lowest BCUT2D eigenvalue weighted by molar-refractivity contribution is -0.137. The number of hydrogen-bond acceptors (Lipinski definition) is 2. The largest absolute Gasteiger partial charge is 0.471 e. The molecule has 0 fully saturated rings. The third-order valence-electron chi connectivity index (χ3n) is 1.71. The van der Waals surface area contributed by atoms with Gasteiger partial charge in [0.05, 0.1) is 12.2 Å². The van der Waals surface area contributed by atoms with Crippen LogP contribution in [0.2, 0.25) is 0 Å². The highest BCUT2D eigenvalue weighted by atomic mass is 32.1. The van der Waals surface area contributed by atoms with Gasteiger partial charge in [0.1, 0.15) is 0 Å². The molecule has 6 heteroatoms. The Morgan fingerprint density at radius 3 is 2.69 bits per heavy atom. The summed E-state index contributed by atoms with van der Waals surface area (Å²) < 4.78 is 42.0. The second kappa shape index (κ2) is 5.16. The van der Waals surface area contributed by atoms with E-state index >= 15 is 0 Å². The number of thiocarbonyl (C=S) groups is 1. The number of hydrogen-bond donors (Lipinski definition) is 1. The zero-order valence-corrected chi connectivity index (χ0v) is 9.28. The van der Waals surface area contributed by atoms with Crippen LogP contribution in [0.5, 0.6) is 0 Å². The first-order chi connectivity index (χ1) is 7.43. The molecule has 0 heterocycles. The summed E-state index contributed by atoms with van der Waals surface area (Å²) in [5, 5.41) is 2.62. The van der Waals surface area contributed by atoms with Gasteiger partial charge in [0.15, 0.2) is 0 Å². The van der Waals surface area contributed by atoms with Crippen molar-refractivity contribution in [3.8, 4) is 0 Å². The lowest BCUT2D eigenvalue weighted by atomic mass is 10.2. The third kappa shape index (κ3) is 3.69. The lowest BCUT2D eigenvalue weighted by Gasteiger charge is -2.11. The minimum absolute atomic E-state index is 0.0572. The van der Waals surface area contributed by atoms with Crippen LogP contribution < -0.4 is 5.32 Å². The fraction of sp³-hybridized carbons (Fsp3) is 0.300. The maximum absolute atomic E-state index is 12.4. The molecule has 0 aliphatic rings. The molecule has 1 aromatic rings. The standard InChI is InChI=1S/C10H10F3NOS/c1-2-15-9(16)14-8-5-3-4-7(6-8)10(11,12)13/h3-6H,2H2,1H3,(H,14,16). The van der Waals surface area contributed by atoms with Gasteiger partial charge in [0, 0.05) is 5.69 Å². The van der Waals surface area contributed by atoms with Gasteiger partial charge in [-0.25, -0.2) is 0 Å². The molecule has 0 spiro atoms. The zero-order valence-electron chi connectivity index (χ0n) is 8.47. The molecule has 0 saturated carbocycles. The van der Waals surface area contributed by atoms with E-state index in [4.69, 9.17) is 17.0 Å². The lowest BCUT2D eigenvalue weighted by Crippen LogP contribution is -2.13. The van der Waals surface area contributed by atoms with Gasteiger partial charge in [0.2, 0.25) is 0 Å². The smallest absolute Gasteiger partial charge is 0.416 e. The molecule has 0 radical (unpaired) electrons. The van der Waals surface area contributed by atoms with Gasteiger partial charge in [-0.15, -0.1) is 0 Å². The van der Waals surface area contributed by atoms with E-state index in [0.717, 1.165) is 12.1 Å². The molecule has 1 N–H and O–H groups in total. The highest BCUT2D eigenvalue weighted by molar-refractivity contribution is 7.80. The highest BCUT2D eigenvalue weighted by Gasteiger charge is 2.30. The van der Waals surface area contributed by atoms with Gasteiger partial charge in [-0.3, -0.25) is 0 Å². The monoisotopic (exact) mass is 249 g/mol. The number of benzene rings is 1. The molecule has 2 nitrogen and oxygen atoms in total. The Morgan fingerprint density at radius 2 is 2.12 bits per heavy atom. The van der Waals surface area contributed by atoms with Crippen molar-refractivity contribution in [1.82, 2.24) is 0 Å². The molecule has 0 atom stereocenters. The molecule has 1 rings (SSSR count). The van der Waals surface area contributed by atoms with Crippen LogP contribution in [0.4, 0.5) is 18.9 Å². The van der Waals surface area contributed by atoms with E-state index in [1.54, 1.807) is 6.92 Å². The van der Waals surface area contributed by atoms with Crippen molar-refractivity contribution in [3.63, 3.8) is 0 Å². The Morgan fingerprint density at radius 1 is 1.44 bits per heavy atom. The molecule has 0 unspecified atom stereocenters. The summed E-state index contributed by atoms with van der Waals surface area (Å²) in [6, 6.07) is 4.76. The fourth-order valence-corrected chi connectivity index (χ4v) is 1.29. The van der Waals surface area contributed by atoms with Crippen LogP contribution in [0.25, 0.3) is 0 Å². The minimum atomic E-state index is -4.36. The number of rotatable bonds is 2. The van der Waals surface area contributed by atoms with Gasteiger partial charge in [0.25, 0.3) is 5.17 Å². The second-order valence-electron chi connectivity index (χ2n) is 2.92. The first kappa shape index (κ1) is 12.8. The summed E-state index contributed by atoms with van der Waals surface area (Å²) in [5.41, 5.74) is -0.468. The molecule has 0 bridgehead atoms. The summed E-state index contributed by atoms with van der Waals surface area (Å²) in [5.74, 6) is 0. The predicted octanol–water partition coefficient (Wildman–Crippen LogP) is 3.44. The van der Waals surface area contributed by atoms with E-state index in [2.05, 4.69) is 5.32 Å². The SMILES string of the molecule is CCOC(=S)Nc1cccc(C(F)(F)F)c1. The van der Waals surface area contributed by atoms with E-state index in [9.17, 15) is 13.2 Å². The minimum Gasteiger partial charge on any atom is -0.471 e. The van der Waals surface area contributed by atoms with Crippen molar-refractivity contribution >= 4 is 23.1 Å². The van der Waals surface area contributed by atoms with Crippen LogP contribution in [0.3, 0.4) is 0 Å². The van der Waals surface area contributed by atoms with Crippen LogP contribution in [0, 0.1) is 0 Å².